The Bertz CT molecular complexity index is 1090. The number of carbonyl (C=O) groups is 1. The minimum absolute atomic E-state index is 0.0887. The Balaban J connectivity index is 1.45. The molecular weight excluding hydrogens is 487 g/mol. The first kappa shape index (κ1) is 28.3. The van der Waals surface area contributed by atoms with Crippen molar-refractivity contribution in [1.29, 1.82) is 0 Å². The normalized spacial score (nSPS) is 24.7. The van der Waals surface area contributed by atoms with Gasteiger partial charge in [0, 0.05) is 24.9 Å². The van der Waals surface area contributed by atoms with E-state index in [1.165, 1.54) is 12.0 Å². The van der Waals surface area contributed by atoms with Crippen LogP contribution in [0.4, 0.5) is 4.39 Å². The molecule has 5 rings (SSSR count). The number of hydrogen-bond acceptors (Lipinski definition) is 4. The SMILES string of the molecule is CC(C)(C)OC(=O)C[C@H]1CCC[C@@H]1[C@](CN1CCC1)(c1cccc(F)c1)C1CCN(Cc2ccccc2)CC1. The quantitative estimate of drug-likeness (QED) is 0.330. The second-order valence-corrected chi connectivity index (χ2v) is 13.3. The van der Waals surface area contributed by atoms with E-state index in [1.807, 2.05) is 32.9 Å². The third-order valence-corrected chi connectivity index (χ3v) is 9.53. The molecule has 1 saturated carbocycles. The molecule has 0 amide bonds. The molecule has 0 radical (unpaired) electrons. The Kier molecular flexibility index (Phi) is 8.78. The summed E-state index contributed by atoms with van der Waals surface area (Å²) < 4.78 is 20.7. The fraction of sp³-hybridized carbons (Fsp3) is 0.618. The fourth-order valence-electron chi connectivity index (χ4n) is 7.78. The van der Waals surface area contributed by atoms with Gasteiger partial charge in [-0.3, -0.25) is 9.69 Å². The summed E-state index contributed by atoms with van der Waals surface area (Å²) in [6.07, 6.45) is 7.18. The number of likely N-dealkylation sites (tertiary alicyclic amines) is 2. The van der Waals surface area contributed by atoms with Gasteiger partial charge < -0.3 is 9.64 Å². The Morgan fingerprint density at radius 2 is 1.64 bits per heavy atom. The number of nitrogens with zero attached hydrogens (tertiary/aromatic N) is 2. The topological polar surface area (TPSA) is 32.8 Å². The lowest BCUT2D eigenvalue weighted by Crippen LogP contribution is -2.57. The lowest BCUT2D eigenvalue weighted by atomic mass is 9.56. The molecule has 4 nitrogen and oxygen atoms in total. The van der Waals surface area contributed by atoms with Crippen LogP contribution in [0.2, 0.25) is 0 Å². The van der Waals surface area contributed by atoms with E-state index in [0.29, 0.717) is 18.3 Å². The van der Waals surface area contributed by atoms with Crippen LogP contribution in [0.5, 0.6) is 0 Å². The van der Waals surface area contributed by atoms with E-state index in [0.717, 1.165) is 76.9 Å². The number of benzene rings is 2. The Labute approximate surface area is 234 Å². The largest absolute Gasteiger partial charge is 0.460 e. The number of esters is 1. The smallest absolute Gasteiger partial charge is 0.306 e. The zero-order valence-corrected chi connectivity index (χ0v) is 24.2. The number of hydrogen-bond donors (Lipinski definition) is 0. The number of rotatable bonds is 9. The van der Waals surface area contributed by atoms with Crippen LogP contribution in [0, 0.1) is 23.6 Å². The molecule has 1 aliphatic carbocycles. The summed E-state index contributed by atoms with van der Waals surface area (Å²) in [6, 6.07) is 18.2. The molecule has 0 aromatic heterocycles. The molecule has 3 fully saturated rings. The van der Waals surface area contributed by atoms with Crippen molar-refractivity contribution < 1.29 is 13.9 Å². The van der Waals surface area contributed by atoms with Crippen LogP contribution in [-0.2, 0) is 21.5 Å². The summed E-state index contributed by atoms with van der Waals surface area (Å²) in [7, 11) is 0. The van der Waals surface area contributed by atoms with E-state index in [2.05, 4.69) is 46.2 Å². The molecule has 2 saturated heterocycles. The predicted octanol–water partition coefficient (Wildman–Crippen LogP) is 6.83. The summed E-state index contributed by atoms with van der Waals surface area (Å²) in [5.74, 6) is 0.832. The van der Waals surface area contributed by atoms with Crippen LogP contribution >= 0.6 is 0 Å². The molecular formula is C34H47FN2O2. The molecule has 3 aliphatic rings. The molecule has 5 heteroatoms. The Morgan fingerprint density at radius 1 is 0.897 bits per heavy atom. The molecule has 2 aliphatic heterocycles. The highest BCUT2D eigenvalue weighted by atomic mass is 19.1. The minimum Gasteiger partial charge on any atom is -0.460 e. The first-order valence-electron chi connectivity index (χ1n) is 15.2. The molecule has 2 heterocycles. The van der Waals surface area contributed by atoms with Gasteiger partial charge in [0.05, 0.1) is 0 Å². The van der Waals surface area contributed by atoms with Crippen molar-refractivity contribution >= 4 is 5.97 Å². The van der Waals surface area contributed by atoms with Gasteiger partial charge in [-0.05, 0) is 120 Å². The van der Waals surface area contributed by atoms with E-state index in [4.69, 9.17) is 4.74 Å². The molecule has 0 N–H and O–H groups in total. The lowest BCUT2D eigenvalue weighted by molar-refractivity contribution is -0.156. The maximum absolute atomic E-state index is 14.9. The second-order valence-electron chi connectivity index (χ2n) is 13.3. The summed E-state index contributed by atoms with van der Waals surface area (Å²) in [4.78, 5) is 18.2. The van der Waals surface area contributed by atoms with Gasteiger partial charge in [-0.1, -0.05) is 48.9 Å². The van der Waals surface area contributed by atoms with Crippen molar-refractivity contribution in [1.82, 2.24) is 9.80 Å². The van der Waals surface area contributed by atoms with Gasteiger partial charge in [-0.25, -0.2) is 4.39 Å². The van der Waals surface area contributed by atoms with Crippen molar-refractivity contribution in [3.63, 3.8) is 0 Å². The van der Waals surface area contributed by atoms with Crippen molar-refractivity contribution in [2.75, 3.05) is 32.7 Å². The van der Waals surface area contributed by atoms with Gasteiger partial charge in [-0.2, -0.15) is 0 Å². The molecule has 39 heavy (non-hydrogen) atoms. The molecule has 0 unspecified atom stereocenters. The van der Waals surface area contributed by atoms with Crippen molar-refractivity contribution in [3.8, 4) is 0 Å². The van der Waals surface area contributed by atoms with Crippen molar-refractivity contribution in [2.45, 2.75) is 83.3 Å². The van der Waals surface area contributed by atoms with Gasteiger partial charge in [0.25, 0.3) is 0 Å². The van der Waals surface area contributed by atoms with E-state index in [-0.39, 0.29) is 23.1 Å². The Hall–Kier alpha value is -2.24. The number of piperidine rings is 1. The second kappa shape index (κ2) is 12.1. The third-order valence-electron chi connectivity index (χ3n) is 9.53. The van der Waals surface area contributed by atoms with Crippen LogP contribution in [0.3, 0.4) is 0 Å². The Morgan fingerprint density at radius 3 is 2.28 bits per heavy atom. The number of halogens is 1. The molecule has 2 aromatic rings. The standard InChI is InChI=1S/C34H47FN2O2/c1-33(2,3)39-32(38)22-27-12-7-15-31(27)34(25-37-18-9-19-37,29-13-8-14-30(35)23-29)28-16-20-36(21-17-28)24-26-10-5-4-6-11-26/h4-6,8,10-11,13-14,23,27-28,31H,7,9,12,15-22,24-25H2,1-3H3/t27-,31+,34+/m1/s1. The zero-order valence-electron chi connectivity index (χ0n) is 24.2. The summed E-state index contributed by atoms with van der Waals surface area (Å²) in [6.45, 7) is 12.1. The van der Waals surface area contributed by atoms with Crippen LogP contribution in [0.25, 0.3) is 0 Å². The first-order valence-corrected chi connectivity index (χ1v) is 15.2. The van der Waals surface area contributed by atoms with Crippen LogP contribution < -0.4 is 0 Å². The molecule has 2 aromatic carbocycles. The van der Waals surface area contributed by atoms with Crippen LogP contribution in [0.1, 0.15) is 76.8 Å². The zero-order chi connectivity index (χ0) is 27.5. The van der Waals surface area contributed by atoms with Crippen LogP contribution in [-0.4, -0.2) is 54.1 Å². The van der Waals surface area contributed by atoms with Gasteiger partial charge >= 0.3 is 5.97 Å². The first-order chi connectivity index (χ1) is 18.7. The third kappa shape index (κ3) is 6.74. The highest BCUT2D eigenvalue weighted by Crippen LogP contribution is 2.54. The van der Waals surface area contributed by atoms with E-state index >= 15 is 0 Å². The molecule has 212 valence electrons. The lowest BCUT2D eigenvalue weighted by Gasteiger charge is -2.53. The van der Waals surface area contributed by atoms with Crippen molar-refractivity contribution in [2.24, 2.45) is 17.8 Å². The minimum atomic E-state index is -0.478. The van der Waals surface area contributed by atoms with E-state index < -0.39 is 5.60 Å². The van der Waals surface area contributed by atoms with Gasteiger partial charge in [0.2, 0.25) is 0 Å². The average Bonchev–Trinajstić information content (AvgIpc) is 3.32. The highest BCUT2D eigenvalue weighted by Gasteiger charge is 2.53. The number of ether oxygens (including phenoxy) is 1. The van der Waals surface area contributed by atoms with E-state index in [9.17, 15) is 9.18 Å². The van der Waals surface area contributed by atoms with Gasteiger partial charge in [0.1, 0.15) is 11.4 Å². The highest BCUT2D eigenvalue weighted by molar-refractivity contribution is 5.70. The maximum atomic E-state index is 14.9. The fourth-order valence-corrected chi connectivity index (χ4v) is 7.78. The summed E-state index contributed by atoms with van der Waals surface area (Å²) in [5.41, 5.74) is 1.87. The molecule has 3 atom stereocenters. The number of carbonyl (C=O) groups excluding carboxylic acids is 1. The van der Waals surface area contributed by atoms with E-state index in [1.54, 1.807) is 6.07 Å². The molecule has 0 spiro atoms. The van der Waals surface area contributed by atoms with Crippen molar-refractivity contribution in [3.05, 3.63) is 71.5 Å². The van der Waals surface area contributed by atoms with Gasteiger partial charge in [-0.15, -0.1) is 0 Å². The maximum Gasteiger partial charge on any atom is 0.306 e. The average molecular weight is 535 g/mol. The van der Waals surface area contributed by atoms with Crippen LogP contribution in [0.15, 0.2) is 54.6 Å². The predicted molar refractivity (Wildman–Crippen MR) is 155 cm³/mol. The molecule has 0 bridgehead atoms. The van der Waals surface area contributed by atoms with Gasteiger partial charge in [0.15, 0.2) is 0 Å². The summed E-state index contributed by atoms with van der Waals surface area (Å²) >= 11 is 0. The summed E-state index contributed by atoms with van der Waals surface area (Å²) in [5, 5.41) is 0. The monoisotopic (exact) mass is 534 g/mol.